The molecule has 0 radical (unpaired) electrons. The Morgan fingerprint density at radius 1 is 0.971 bits per heavy atom. The van der Waals surface area contributed by atoms with Crippen LogP contribution in [0.1, 0.15) is 26.3 Å². The van der Waals surface area contributed by atoms with Crippen LogP contribution in [0.2, 0.25) is 0 Å². The molecule has 9 nitrogen and oxygen atoms in total. The molecule has 0 aliphatic carbocycles. The number of nitrogens with two attached hydrogens (primary N) is 1. The van der Waals surface area contributed by atoms with Crippen molar-refractivity contribution in [3.05, 3.63) is 110 Å². The zero-order valence-electron chi connectivity index (χ0n) is 17.4. The van der Waals surface area contributed by atoms with E-state index in [0.717, 1.165) is 18.2 Å². The Hall–Kier alpha value is -4.64. The molecule has 2 aromatic carbocycles. The van der Waals surface area contributed by atoms with Gasteiger partial charge in [0, 0.05) is 29.1 Å². The maximum atomic E-state index is 14.2. The molecule has 0 spiro atoms. The van der Waals surface area contributed by atoms with E-state index in [0.29, 0.717) is 0 Å². The number of pyridine rings is 2. The summed E-state index contributed by atoms with van der Waals surface area (Å²) < 4.78 is 29.8. The third kappa shape index (κ3) is 4.59. The summed E-state index contributed by atoms with van der Waals surface area (Å²) in [5, 5.41) is 2.51. The number of aromatic nitrogens is 2. The molecule has 4 rings (SSSR count). The fraction of sp³-hybridized carbons (Fsp3) is 0.0435. The Morgan fingerprint density at radius 3 is 2.24 bits per heavy atom. The molecule has 6 N–H and O–H groups in total. The number of H-pyrrole nitrogens is 1. The number of halogens is 2. The van der Waals surface area contributed by atoms with Crippen molar-refractivity contribution in [1.29, 1.82) is 0 Å². The average molecular weight is 468 g/mol. The molecular formula is C23H18F2N4O5. The molecule has 4 aromatic rings. The van der Waals surface area contributed by atoms with E-state index in [-0.39, 0.29) is 45.4 Å². The summed E-state index contributed by atoms with van der Waals surface area (Å²) in [5.74, 6) is -3.06. The molecule has 0 saturated heterocycles. The number of rotatable bonds is 5. The Morgan fingerprint density at radius 2 is 1.62 bits per heavy atom. The van der Waals surface area contributed by atoms with Crippen molar-refractivity contribution in [2.75, 3.05) is 5.32 Å². The minimum absolute atomic E-state index is 0. The minimum Gasteiger partial charge on any atom is -0.412 e. The highest BCUT2D eigenvalue weighted by molar-refractivity contribution is 6.05. The topological polar surface area (TPSA) is 159 Å². The summed E-state index contributed by atoms with van der Waals surface area (Å²) in [7, 11) is 0. The molecule has 0 fully saturated rings. The summed E-state index contributed by atoms with van der Waals surface area (Å²) in [6.07, 6.45) is 1.17. The van der Waals surface area contributed by atoms with Gasteiger partial charge < -0.3 is 26.1 Å². The first-order valence-electron chi connectivity index (χ1n) is 9.65. The Bertz CT molecular complexity index is 1510. The number of aromatic amines is 1. The smallest absolute Gasteiger partial charge is 0.261 e. The molecule has 0 unspecified atom stereocenters. The Kier molecular flexibility index (Phi) is 6.68. The fourth-order valence-corrected chi connectivity index (χ4v) is 3.36. The SMILES string of the molecule is NC(=O)c1ccc(NC(=O)c2cn(Cc3c(F)cccc3F)c3ccc(=O)[nH]c3c2=O)cc1.O. The second-order valence-corrected chi connectivity index (χ2v) is 7.18. The number of primary amides is 1. The van der Waals surface area contributed by atoms with Crippen molar-refractivity contribution in [3.8, 4) is 0 Å². The first-order valence-corrected chi connectivity index (χ1v) is 9.65. The van der Waals surface area contributed by atoms with Gasteiger partial charge in [-0.25, -0.2) is 8.78 Å². The van der Waals surface area contributed by atoms with Crippen LogP contribution in [0.15, 0.2) is 70.4 Å². The zero-order chi connectivity index (χ0) is 23.7. The van der Waals surface area contributed by atoms with E-state index in [2.05, 4.69) is 10.3 Å². The number of benzene rings is 2. The van der Waals surface area contributed by atoms with E-state index in [1.54, 1.807) is 0 Å². The van der Waals surface area contributed by atoms with Gasteiger partial charge >= 0.3 is 0 Å². The molecule has 34 heavy (non-hydrogen) atoms. The van der Waals surface area contributed by atoms with Gasteiger partial charge in [-0.3, -0.25) is 19.2 Å². The zero-order valence-corrected chi connectivity index (χ0v) is 17.4. The van der Waals surface area contributed by atoms with Gasteiger partial charge in [-0.1, -0.05) is 6.07 Å². The molecule has 0 aliphatic rings. The van der Waals surface area contributed by atoms with Crippen LogP contribution < -0.4 is 22.0 Å². The number of hydrogen-bond acceptors (Lipinski definition) is 4. The number of carbonyl (C=O) groups is 2. The van der Waals surface area contributed by atoms with E-state index in [4.69, 9.17) is 5.73 Å². The molecular weight excluding hydrogens is 450 g/mol. The lowest BCUT2D eigenvalue weighted by atomic mass is 10.1. The lowest BCUT2D eigenvalue weighted by Gasteiger charge is -2.14. The number of hydrogen-bond donors (Lipinski definition) is 3. The van der Waals surface area contributed by atoms with E-state index in [9.17, 15) is 28.0 Å². The lowest BCUT2D eigenvalue weighted by Crippen LogP contribution is -2.26. The van der Waals surface area contributed by atoms with E-state index >= 15 is 0 Å². The fourth-order valence-electron chi connectivity index (χ4n) is 3.36. The van der Waals surface area contributed by atoms with Crippen molar-refractivity contribution in [1.82, 2.24) is 9.55 Å². The van der Waals surface area contributed by atoms with Crippen LogP contribution in [0.5, 0.6) is 0 Å². The molecule has 2 aromatic heterocycles. The third-order valence-corrected chi connectivity index (χ3v) is 5.03. The molecule has 2 heterocycles. The summed E-state index contributed by atoms with van der Waals surface area (Å²) in [6.45, 7) is -0.338. The molecule has 11 heteroatoms. The van der Waals surface area contributed by atoms with E-state index in [1.807, 2.05) is 0 Å². The summed E-state index contributed by atoms with van der Waals surface area (Å²) in [5.41, 5.74) is 3.71. The highest BCUT2D eigenvalue weighted by Gasteiger charge is 2.18. The largest absolute Gasteiger partial charge is 0.412 e. The van der Waals surface area contributed by atoms with Crippen LogP contribution in [0.3, 0.4) is 0 Å². The Labute approximate surface area is 189 Å². The maximum Gasteiger partial charge on any atom is 0.261 e. The van der Waals surface area contributed by atoms with Gasteiger partial charge in [0.1, 0.15) is 22.7 Å². The molecule has 0 aliphatic heterocycles. The third-order valence-electron chi connectivity index (χ3n) is 5.03. The number of fused-ring (bicyclic) bond motifs is 1. The number of nitrogens with zero attached hydrogens (tertiary/aromatic N) is 1. The number of carbonyl (C=O) groups excluding carboxylic acids is 2. The molecule has 174 valence electrons. The first-order chi connectivity index (χ1) is 15.7. The molecule has 0 bridgehead atoms. The van der Waals surface area contributed by atoms with Crippen LogP contribution in [-0.4, -0.2) is 26.8 Å². The summed E-state index contributed by atoms with van der Waals surface area (Å²) in [4.78, 5) is 51.2. The quantitative estimate of drug-likeness (QED) is 0.406. The van der Waals surface area contributed by atoms with Gasteiger partial charge in [0.15, 0.2) is 0 Å². The number of anilines is 1. The van der Waals surface area contributed by atoms with Crippen LogP contribution in [0.25, 0.3) is 11.0 Å². The van der Waals surface area contributed by atoms with Gasteiger partial charge in [-0.05, 0) is 42.5 Å². The van der Waals surface area contributed by atoms with Crippen LogP contribution in [-0.2, 0) is 6.54 Å². The predicted molar refractivity (Wildman–Crippen MR) is 121 cm³/mol. The lowest BCUT2D eigenvalue weighted by molar-refractivity contribution is 0.0998. The Balaban J connectivity index is 0.00000324. The first kappa shape index (κ1) is 24.0. The van der Waals surface area contributed by atoms with Crippen LogP contribution in [0, 0.1) is 11.6 Å². The predicted octanol–water partition coefficient (Wildman–Crippen LogP) is 1.54. The molecule has 0 saturated carbocycles. The van der Waals surface area contributed by atoms with Crippen molar-refractivity contribution < 1.29 is 23.8 Å². The number of amides is 2. The number of nitrogens with one attached hydrogen (secondary N) is 2. The van der Waals surface area contributed by atoms with Crippen LogP contribution >= 0.6 is 0 Å². The highest BCUT2D eigenvalue weighted by Crippen LogP contribution is 2.18. The highest BCUT2D eigenvalue weighted by atomic mass is 19.1. The van der Waals surface area contributed by atoms with Gasteiger partial charge in [-0.15, -0.1) is 0 Å². The van der Waals surface area contributed by atoms with Crippen molar-refractivity contribution in [2.24, 2.45) is 5.73 Å². The van der Waals surface area contributed by atoms with E-state index < -0.39 is 34.4 Å². The van der Waals surface area contributed by atoms with Crippen molar-refractivity contribution >= 4 is 28.5 Å². The summed E-state index contributed by atoms with van der Waals surface area (Å²) in [6, 6.07) is 11.5. The second-order valence-electron chi connectivity index (χ2n) is 7.18. The monoisotopic (exact) mass is 468 g/mol. The van der Waals surface area contributed by atoms with Crippen molar-refractivity contribution in [2.45, 2.75) is 6.54 Å². The molecule has 0 atom stereocenters. The van der Waals surface area contributed by atoms with Gasteiger partial charge in [0.25, 0.3) is 5.91 Å². The summed E-state index contributed by atoms with van der Waals surface area (Å²) >= 11 is 0. The minimum atomic E-state index is -0.818. The van der Waals surface area contributed by atoms with Crippen LogP contribution in [0.4, 0.5) is 14.5 Å². The van der Waals surface area contributed by atoms with Gasteiger partial charge in [-0.2, -0.15) is 0 Å². The second kappa shape index (κ2) is 9.46. The normalized spacial score (nSPS) is 10.5. The van der Waals surface area contributed by atoms with Crippen molar-refractivity contribution in [3.63, 3.8) is 0 Å². The molecule has 2 amide bonds. The maximum absolute atomic E-state index is 14.2. The van der Waals surface area contributed by atoms with E-state index in [1.165, 1.54) is 47.2 Å². The standard InChI is InChI=1S/C23H16F2N4O4.H2O/c24-16-2-1-3-17(25)14(16)10-29-11-15(21(31)20-18(29)8-9-19(30)28-20)23(33)27-13-6-4-12(5-7-13)22(26)32;/h1-9,11H,10H2,(H2,26,32)(H,27,33)(H,28,30);1H2. The van der Waals surface area contributed by atoms with Gasteiger partial charge in [0.2, 0.25) is 16.9 Å². The average Bonchev–Trinajstić information content (AvgIpc) is 2.78. The van der Waals surface area contributed by atoms with Gasteiger partial charge in [0.05, 0.1) is 12.1 Å².